The molecule has 0 aliphatic carbocycles. The van der Waals surface area contributed by atoms with Gasteiger partial charge >= 0.3 is 0 Å². The van der Waals surface area contributed by atoms with Crippen molar-refractivity contribution in [2.24, 2.45) is 0 Å². The monoisotopic (exact) mass is 317 g/mol. The molecule has 0 saturated heterocycles. The molecule has 0 aromatic carbocycles. The van der Waals surface area contributed by atoms with Crippen LogP contribution in [0.5, 0.6) is 0 Å². The zero-order valence-electron chi connectivity index (χ0n) is 2.73. The van der Waals surface area contributed by atoms with Crippen molar-refractivity contribution in [3.63, 3.8) is 0 Å². The van der Waals surface area contributed by atoms with Crippen molar-refractivity contribution < 1.29 is 50.3 Å². The Hall–Kier alpha value is 3.69. The summed E-state index contributed by atoms with van der Waals surface area (Å²) in [6, 6.07) is 0. The van der Waals surface area contributed by atoms with Crippen LogP contribution in [-0.4, -0.2) is 67.7 Å². The van der Waals surface area contributed by atoms with Gasteiger partial charge in [-0.25, -0.2) is 0 Å². The van der Waals surface area contributed by atoms with E-state index in [0.29, 0.717) is 0 Å². The van der Waals surface area contributed by atoms with Crippen LogP contribution in [0.3, 0.4) is 0 Å². The van der Waals surface area contributed by atoms with Gasteiger partial charge in [0, 0.05) is 118 Å². The first-order valence-corrected chi connectivity index (χ1v) is 0. The van der Waals surface area contributed by atoms with E-state index in [-0.39, 0.29) is 118 Å². The average Bonchev–Trinajstić information content (AvgIpc) is 0. The first-order valence-electron chi connectivity index (χ1n) is 0. The van der Waals surface area contributed by atoms with E-state index in [0.717, 1.165) is 0 Å². The molecule has 0 aromatic rings. The summed E-state index contributed by atoms with van der Waals surface area (Å²) in [5.41, 5.74) is 0. The fourth-order valence-electron chi connectivity index (χ4n) is 0. The molecular weight excluding hydrogens is 317 g/mol. The Morgan fingerprint density at radius 3 is 1.00 bits per heavy atom. The first kappa shape index (κ1) is 37.8. The molecule has 5 radical (unpaired) electrons. The Kier molecular flexibility index (Phi) is 191. The second-order valence-electron chi connectivity index (χ2n) is 0. The fraction of sp³-hybridized carbons (Fsp3) is 0. The van der Waals surface area contributed by atoms with Crippen molar-refractivity contribution in [2.45, 2.75) is 0 Å². The summed E-state index contributed by atoms with van der Waals surface area (Å²) in [5.74, 6) is 0. The van der Waals surface area contributed by atoms with Gasteiger partial charge in [-0.2, -0.15) is 0 Å². The van der Waals surface area contributed by atoms with E-state index >= 15 is 0 Å². The van der Waals surface area contributed by atoms with Gasteiger partial charge in [0.2, 0.25) is 0 Å². The maximum Gasteiger partial charge on any atom is 0 e. The molecule has 5 heteroatoms. The molecule has 0 bridgehead atoms. The zero-order chi connectivity index (χ0) is 0. The summed E-state index contributed by atoms with van der Waals surface area (Å²) in [6.45, 7) is 0. The molecule has 0 N–H and O–H groups in total. The van der Waals surface area contributed by atoms with E-state index in [1.165, 1.54) is 0 Å². The molecule has 0 aliphatic heterocycles. The third-order valence-electron chi connectivity index (χ3n) is 0. The Labute approximate surface area is 115 Å². The minimum absolute atomic E-state index is 0. The molecule has 5 heavy (non-hydrogen) atoms. The predicted molar refractivity (Wildman–Crippen MR) is 11.5 cm³/mol. The Bertz CT molecular complexity index is 11.6. The molecule has 0 amide bonds. The first-order chi connectivity index (χ1) is 0. The van der Waals surface area contributed by atoms with Crippen LogP contribution in [0.1, 0.15) is 0 Å². The van der Waals surface area contributed by atoms with E-state index in [9.17, 15) is 0 Å². The molecule has 29 valence electrons. The number of hydrogen-bond donors (Lipinski definition) is 0. The summed E-state index contributed by atoms with van der Waals surface area (Å²) < 4.78 is 0. The Morgan fingerprint density at radius 1 is 1.00 bits per heavy atom. The largest absolute Gasteiger partial charge is 0 e. The van der Waals surface area contributed by atoms with Crippen LogP contribution in [-0.2, 0) is 50.3 Å². The van der Waals surface area contributed by atoms with Crippen LogP contribution in [0.15, 0.2) is 0 Å². The average molecular weight is 317 g/mol. The molecule has 0 heterocycles. The predicted octanol–water partition coefficient (Wildman–Crippen LogP) is -0.769. The summed E-state index contributed by atoms with van der Waals surface area (Å²) in [7, 11) is 0. The smallest absolute Gasteiger partial charge is 0 e. The van der Waals surface area contributed by atoms with Crippen molar-refractivity contribution in [3.05, 3.63) is 0 Å². The third-order valence-corrected chi connectivity index (χ3v) is 0. The van der Waals surface area contributed by atoms with Gasteiger partial charge in [0.1, 0.15) is 0 Å². The fourth-order valence-corrected chi connectivity index (χ4v) is 0. The summed E-state index contributed by atoms with van der Waals surface area (Å²) in [5, 5.41) is 0. The van der Waals surface area contributed by atoms with Gasteiger partial charge in [0.15, 0.2) is 0 Å². The van der Waals surface area contributed by atoms with E-state index < -0.39 is 0 Å². The SMILES string of the molecule is [Ba].[Co].[Li].[Mn].[Ni]. The summed E-state index contributed by atoms with van der Waals surface area (Å²) in [4.78, 5) is 0. The van der Waals surface area contributed by atoms with Gasteiger partial charge in [0.05, 0.1) is 0 Å². The molecular formula is BaCoLiMnNi. The summed E-state index contributed by atoms with van der Waals surface area (Å²) >= 11 is 0. The normalized spacial score (nSPS) is 0. The molecule has 0 unspecified atom stereocenters. The van der Waals surface area contributed by atoms with Gasteiger partial charge in [-0.1, -0.05) is 0 Å². The van der Waals surface area contributed by atoms with Gasteiger partial charge in [-0.05, 0) is 0 Å². The van der Waals surface area contributed by atoms with Crippen LogP contribution in [0.25, 0.3) is 0 Å². The second-order valence-corrected chi connectivity index (χ2v) is 0. The maximum absolute atomic E-state index is 0. The minimum Gasteiger partial charge on any atom is 0 e. The number of rotatable bonds is 0. The standard InChI is InChI=1S/Ba.Co.Li.Mn.Ni. The van der Waals surface area contributed by atoms with Crippen molar-refractivity contribution in [2.75, 3.05) is 0 Å². The molecule has 0 aromatic heterocycles. The van der Waals surface area contributed by atoms with Gasteiger partial charge < -0.3 is 0 Å². The summed E-state index contributed by atoms with van der Waals surface area (Å²) in [6.07, 6.45) is 0. The van der Waals surface area contributed by atoms with Gasteiger partial charge in [0.25, 0.3) is 0 Å². The number of hydrogen-bond acceptors (Lipinski definition) is 0. The molecule has 0 spiro atoms. The Morgan fingerprint density at radius 2 is 1.00 bits per heavy atom. The van der Waals surface area contributed by atoms with Crippen molar-refractivity contribution in [3.8, 4) is 0 Å². The zero-order valence-corrected chi connectivity index (χ0v) is 10.4. The Balaban J connectivity index is 0. The van der Waals surface area contributed by atoms with Crippen LogP contribution in [0, 0.1) is 0 Å². The van der Waals surface area contributed by atoms with Crippen LogP contribution < -0.4 is 0 Å². The van der Waals surface area contributed by atoms with Crippen LogP contribution in [0.4, 0.5) is 0 Å². The van der Waals surface area contributed by atoms with Crippen LogP contribution in [0.2, 0.25) is 0 Å². The second kappa shape index (κ2) is 25.3. The van der Waals surface area contributed by atoms with E-state index in [2.05, 4.69) is 0 Å². The molecule has 0 nitrogen and oxygen atoms in total. The van der Waals surface area contributed by atoms with Gasteiger partial charge in [-0.3, -0.25) is 0 Å². The van der Waals surface area contributed by atoms with Crippen molar-refractivity contribution in [1.29, 1.82) is 0 Å². The third kappa shape index (κ3) is 18.3. The topological polar surface area (TPSA) is 0 Å². The van der Waals surface area contributed by atoms with E-state index in [1.54, 1.807) is 0 Å². The molecule has 0 fully saturated rings. The van der Waals surface area contributed by atoms with E-state index in [1.807, 2.05) is 0 Å². The van der Waals surface area contributed by atoms with Crippen molar-refractivity contribution >= 4 is 67.7 Å². The molecule has 0 rings (SSSR count). The molecule has 0 aliphatic rings. The van der Waals surface area contributed by atoms with Crippen molar-refractivity contribution in [1.82, 2.24) is 0 Å². The van der Waals surface area contributed by atoms with Crippen LogP contribution >= 0.6 is 0 Å². The quantitative estimate of drug-likeness (QED) is 0.515. The van der Waals surface area contributed by atoms with E-state index in [4.69, 9.17) is 0 Å². The maximum atomic E-state index is 0. The molecule has 0 atom stereocenters. The minimum atomic E-state index is 0. The van der Waals surface area contributed by atoms with Gasteiger partial charge in [-0.15, -0.1) is 0 Å². The molecule has 0 saturated carbocycles.